The van der Waals surface area contributed by atoms with E-state index in [-0.39, 0.29) is 34.8 Å². The van der Waals surface area contributed by atoms with Gasteiger partial charge in [0.15, 0.2) is 0 Å². The minimum absolute atomic E-state index is 0.207. The van der Waals surface area contributed by atoms with E-state index in [1.54, 1.807) is 23.2 Å². The maximum Gasteiger partial charge on any atom is 0.423 e. The highest BCUT2D eigenvalue weighted by molar-refractivity contribution is 5.80. The highest BCUT2D eigenvalue weighted by atomic mass is 19.4. The molecule has 0 amide bonds. The molecule has 8 nitrogen and oxygen atoms in total. The zero-order valence-electron chi connectivity index (χ0n) is 21.2. The Hall–Kier alpha value is -4.23. The van der Waals surface area contributed by atoms with Gasteiger partial charge in [-0.05, 0) is 61.4 Å². The number of hydrogen-bond acceptors (Lipinski definition) is 6. The Kier molecular flexibility index (Phi) is 6.38. The van der Waals surface area contributed by atoms with E-state index in [4.69, 9.17) is 0 Å². The molecule has 0 spiro atoms. The second-order valence-corrected chi connectivity index (χ2v) is 10.4. The number of H-pyrrole nitrogens is 1. The van der Waals surface area contributed by atoms with Gasteiger partial charge in [-0.15, -0.1) is 0 Å². The number of rotatable bonds is 6. The van der Waals surface area contributed by atoms with E-state index in [1.165, 1.54) is 16.7 Å². The van der Waals surface area contributed by atoms with Gasteiger partial charge in [0.25, 0.3) is 11.1 Å². The van der Waals surface area contributed by atoms with Crippen LogP contribution in [0.5, 0.6) is 0 Å². The van der Waals surface area contributed by atoms with Crippen LogP contribution in [0, 0.1) is 11.8 Å². The molecule has 4 aromatic rings. The summed E-state index contributed by atoms with van der Waals surface area (Å²) in [6, 6.07) is 6.61. The molecule has 4 aromatic heterocycles. The molecular weight excluding hydrogens is 554 g/mol. The van der Waals surface area contributed by atoms with Crippen molar-refractivity contribution in [2.45, 2.75) is 44.2 Å². The third-order valence-electron chi connectivity index (χ3n) is 7.81. The first-order chi connectivity index (χ1) is 19.4. The van der Waals surface area contributed by atoms with Crippen LogP contribution in [0.4, 0.5) is 32.0 Å². The Morgan fingerprint density at radius 1 is 0.951 bits per heavy atom. The Balaban J connectivity index is 1.18. The van der Waals surface area contributed by atoms with Crippen molar-refractivity contribution in [3.63, 3.8) is 0 Å². The van der Waals surface area contributed by atoms with Crippen molar-refractivity contribution < 1.29 is 26.3 Å². The molecule has 5 heterocycles. The van der Waals surface area contributed by atoms with Gasteiger partial charge in [0.2, 0.25) is 0 Å². The van der Waals surface area contributed by atoms with Gasteiger partial charge in [0.1, 0.15) is 5.56 Å². The number of hydrogen-bond donors (Lipinski definition) is 1. The molecule has 3 atom stereocenters. The van der Waals surface area contributed by atoms with Crippen LogP contribution in [-0.4, -0.2) is 37.3 Å². The molecule has 1 N–H and O–H groups in total. The zero-order chi connectivity index (χ0) is 29.1. The number of nitrogens with one attached hydrogen (secondary N) is 1. The molecule has 2 fully saturated rings. The molecule has 1 saturated heterocycles. The first-order valence-electron chi connectivity index (χ1n) is 12.9. The number of aromatic nitrogens is 5. The van der Waals surface area contributed by atoms with E-state index >= 15 is 0 Å². The van der Waals surface area contributed by atoms with Crippen molar-refractivity contribution in [2.75, 3.05) is 11.4 Å². The monoisotopic (exact) mass is 576 g/mol. The Labute approximate surface area is 227 Å². The Morgan fingerprint density at radius 3 is 2.44 bits per heavy atom. The van der Waals surface area contributed by atoms with Gasteiger partial charge in [-0.25, -0.2) is 10.1 Å². The van der Waals surface area contributed by atoms with Crippen LogP contribution in [0.15, 0.2) is 58.5 Å². The second kappa shape index (κ2) is 9.70. The van der Waals surface area contributed by atoms with Crippen molar-refractivity contribution >= 4 is 16.6 Å². The Morgan fingerprint density at radius 2 is 1.73 bits per heavy atom. The first kappa shape index (κ1) is 27.0. The molecule has 1 saturated carbocycles. The zero-order valence-corrected chi connectivity index (χ0v) is 21.2. The minimum Gasteiger partial charge on any atom is -0.366 e. The van der Waals surface area contributed by atoms with Crippen LogP contribution in [0.3, 0.4) is 0 Å². The predicted octanol–water partition coefficient (Wildman–Crippen LogP) is 4.88. The smallest absolute Gasteiger partial charge is 0.366 e. The summed E-state index contributed by atoms with van der Waals surface area (Å²) in [4.78, 5) is 35.0. The lowest BCUT2D eigenvalue weighted by Crippen LogP contribution is -2.37. The summed E-state index contributed by atoms with van der Waals surface area (Å²) in [6.45, 7) is 0.736. The molecule has 0 bridgehead atoms. The van der Waals surface area contributed by atoms with Gasteiger partial charge in [-0.1, -0.05) is 0 Å². The lowest BCUT2D eigenvalue weighted by atomic mass is 10.0. The van der Waals surface area contributed by atoms with Crippen LogP contribution in [0.25, 0.3) is 22.3 Å². The fourth-order valence-corrected chi connectivity index (χ4v) is 5.77. The standard InChI is InChI=1S/C27H22F6N6O2/c28-26(29,30)15-3-5-19(34-11-15)20-6-4-16-18(36-20)7-9-38(25(16)41)8-1-2-21-17-10-14(17)13-39(21)22-12-35-37-24(40)23(22)27(31,32)33/h3-7,9,11-12,14,17,21H,1-2,8,10,13H2,(H,37,40)/t14-,17-,21-/m1/s1. The number of nitrogens with zero attached hydrogens (tertiary/aromatic N) is 5. The topological polar surface area (TPSA) is 96.8 Å². The van der Waals surface area contributed by atoms with Crippen molar-refractivity contribution in [1.82, 2.24) is 24.7 Å². The highest BCUT2D eigenvalue weighted by Crippen LogP contribution is 2.53. The molecule has 6 rings (SSSR count). The molecule has 0 unspecified atom stereocenters. The van der Waals surface area contributed by atoms with Crippen molar-refractivity contribution in [1.29, 1.82) is 0 Å². The molecule has 14 heteroatoms. The van der Waals surface area contributed by atoms with Crippen LogP contribution in [0.1, 0.15) is 30.4 Å². The number of aryl methyl sites for hydroxylation is 1. The van der Waals surface area contributed by atoms with Crippen LogP contribution in [-0.2, 0) is 18.9 Å². The summed E-state index contributed by atoms with van der Waals surface area (Å²) in [6.07, 6.45) is -4.04. The molecule has 1 aliphatic heterocycles. The lowest BCUT2D eigenvalue weighted by Gasteiger charge is -2.31. The number of alkyl halides is 6. The summed E-state index contributed by atoms with van der Waals surface area (Å²) < 4.78 is 81.0. The van der Waals surface area contributed by atoms with Gasteiger partial charge < -0.3 is 9.47 Å². The second-order valence-electron chi connectivity index (χ2n) is 10.4. The quantitative estimate of drug-likeness (QED) is 0.329. The third kappa shape index (κ3) is 5.06. The average molecular weight is 577 g/mol. The predicted molar refractivity (Wildman–Crippen MR) is 136 cm³/mol. The Bertz CT molecular complexity index is 1730. The van der Waals surface area contributed by atoms with Crippen molar-refractivity contribution in [3.05, 3.63) is 80.8 Å². The van der Waals surface area contributed by atoms with Gasteiger partial charge >= 0.3 is 12.4 Å². The van der Waals surface area contributed by atoms with Gasteiger partial charge in [-0.2, -0.15) is 31.4 Å². The lowest BCUT2D eigenvalue weighted by molar-refractivity contribution is -0.139. The van der Waals surface area contributed by atoms with Gasteiger partial charge in [-0.3, -0.25) is 14.6 Å². The van der Waals surface area contributed by atoms with E-state index in [9.17, 15) is 35.9 Å². The number of anilines is 1. The van der Waals surface area contributed by atoms with Crippen LogP contribution >= 0.6 is 0 Å². The number of halogens is 6. The fourth-order valence-electron chi connectivity index (χ4n) is 5.77. The molecule has 41 heavy (non-hydrogen) atoms. The fraction of sp³-hybridized carbons (Fsp3) is 0.370. The number of pyridine rings is 3. The minimum atomic E-state index is -4.82. The molecular formula is C27H22F6N6O2. The van der Waals surface area contributed by atoms with Crippen molar-refractivity contribution in [3.8, 4) is 11.4 Å². The van der Waals surface area contributed by atoms with E-state index < -0.39 is 29.0 Å². The average Bonchev–Trinajstić information content (AvgIpc) is 3.60. The van der Waals surface area contributed by atoms with E-state index in [2.05, 4.69) is 15.1 Å². The van der Waals surface area contributed by atoms with Crippen molar-refractivity contribution in [2.24, 2.45) is 11.8 Å². The molecule has 214 valence electrons. The molecule has 1 aliphatic carbocycles. The number of aromatic amines is 1. The normalized spacial score (nSPS) is 20.4. The highest BCUT2D eigenvalue weighted by Gasteiger charge is 2.53. The molecule has 0 radical (unpaired) electrons. The largest absolute Gasteiger partial charge is 0.423 e. The maximum absolute atomic E-state index is 13.7. The molecule has 0 aromatic carbocycles. The first-order valence-corrected chi connectivity index (χ1v) is 12.9. The number of fused-ring (bicyclic) bond motifs is 2. The SMILES string of the molecule is O=c1[nH]ncc(N2C[C@H]3C[C@H]3[C@H]2CCCn2ccc3nc(-c4ccc(C(F)(F)F)cn4)ccc3c2=O)c1C(F)(F)F. The van der Waals surface area contributed by atoms with Crippen LogP contribution in [0.2, 0.25) is 0 Å². The number of piperidine rings is 1. The van der Waals surface area contributed by atoms with Crippen LogP contribution < -0.4 is 16.0 Å². The summed E-state index contributed by atoms with van der Waals surface area (Å²) in [5.74, 6) is 0.494. The molecule has 2 aliphatic rings. The summed E-state index contributed by atoms with van der Waals surface area (Å²) in [5.41, 5.74) is -3.03. The summed E-state index contributed by atoms with van der Waals surface area (Å²) in [7, 11) is 0. The van der Waals surface area contributed by atoms with Gasteiger partial charge in [0.05, 0.1) is 39.7 Å². The van der Waals surface area contributed by atoms with Gasteiger partial charge in [0, 0.05) is 31.5 Å². The van der Waals surface area contributed by atoms with E-state index in [0.717, 1.165) is 24.9 Å². The summed E-state index contributed by atoms with van der Waals surface area (Å²) >= 11 is 0. The van der Waals surface area contributed by atoms with E-state index in [1.807, 2.05) is 5.10 Å². The van der Waals surface area contributed by atoms with E-state index in [0.29, 0.717) is 42.5 Å². The third-order valence-corrected chi connectivity index (χ3v) is 7.81. The summed E-state index contributed by atoms with van der Waals surface area (Å²) in [5, 5.41) is 5.80. The maximum atomic E-state index is 13.7.